The standard InChI is InChI=1S/C8H16N2/c1-3-8-7-10(5-1)6-2-4-9-8/h8-9H,1-7H2. The maximum atomic E-state index is 3.57. The van der Waals surface area contributed by atoms with Crippen molar-refractivity contribution in [1.82, 2.24) is 10.2 Å². The summed E-state index contributed by atoms with van der Waals surface area (Å²) >= 11 is 0. The van der Waals surface area contributed by atoms with Gasteiger partial charge in [0.15, 0.2) is 0 Å². The van der Waals surface area contributed by atoms with Crippen molar-refractivity contribution in [3.05, 3.63) is 0 Å². The van der Waals surface area contributed by atoms with Gasteiger partial charge >= 0.3 is 0 Å². The van der Waals surface area contributed by atoms with E-state index >= 15 is 0 Å². The normalized spacial score (nSPS) is 40.8. The maximum Gasteiger partial charge on any atom is 0.0195 e. The van der Waals surface area contributed by atoms with Crippen molar-refractivity contribution in [2.24, 2.45) is 0 Å². The average molecular weight is 140 g/mol. The minimum atomic E-state index is 0.816. The number of rotatable bonds is 0. The minimum absolute atomic E-state index is 0.816. The molecule has 0 aromatic carbocycles. The van der Waals surface area contributed by atoms with Gasteiger partial charge < -0.3 is 10.2 Å². The molecule has 58 valence electrons. The first kappa shape index (κ1) is 6.62. The molecule has 0 aromatic rings. The first-order chi connectivity index (χ1) is 4.95. The monoisotopic (exact) mass is 140 g/mol. The Kier molecular flexibility index (Phi) is 1.91. The molecule has 2 atom stereocenters. The van der Waals surface area contributed by atoms with E-state index in [2.05, 4.69) is 10.2 Å². The number of piperidine rings is 1. The van der Waals surface area contributed by atoms with Crippen molar-refractivity contribution in [2.45, 2.75) is 25.3 Å². The smallest absolute Gasteiger partial charge is 0.0195 e. The summed E-state index contributed by atoms with van der Waals surface area (Å²) in [6.45, 7) is 5.21. The molecule has 2 rings (SSSR count). The predicted octanol–water partition coefficient (Wildman–Crippen LogP) is 0.444. The van der Waals surface area contributed by atoms with Crippen LogP contribution in [0.1, 0.15) is 19.3 Å². The first-order valence-electron chi connectivity index (χ1n) is 4.41. The highest BCUT2D eigenvalue weighted by atomic mass is 15.2. The van der Waals surface area contributed by atoms with E-state index in [0.29, 0.717) is 0 Å². The summed E-state index contributed by atoms with van der Waals surface area (Å²) in [6, 6.07) is 0.816. The van der Waals surface area contributed by atoms with Crippen LogP contribution in [0.3, 0.4) is 0 Å². The molecule has 0 amide bonds. The van der Waals surface area contributed by atoms with Crippen molar-refractivity contribution in [3.8, 4) is 0 Å². The third-order valence-electron chi connectivity index (χ3n) is 2.59. The predicted molar refractivity (Wildman–Crippen MR) is 42.1 cm³/mol. The van der Waals surface area contributed by atoms with Crippen molar-refractivity contribution >= 4 is 0 Å². The Hall–Kier alpha value is -0.0800. The molecular formula is C8H16N2. The van der Waals surface area contributed by atoms with Gasteiger partial charge in [0.25, 0.3) is 0 Å². The minimum Gasteiger partial charge on any atom is -0.313 e. The molecule has 10 heavy (non-hydrogen) atoms. The lowest BCUT2D eigenvalue weighted by atomic mass is 10.1. The molecule has 0 spiro atoms. The zero-order valence-corrected chi connectivity index (χ0v) is 6.47. The summed E-state index contributed by atoms with van der Waals surface area (Å²) in [7, 11) is 0. The summed E-state index contributed by atoms with van der Waals surface area (Å²) in [6.07, 6.45) is 4.14. The second-order valence-electron chi connectivity index (χ2n) is 3.45. The van der Waals surface area contributed by atoms with E-state index in [4.69, 9.17) is 0 Å². The fourth-order valence-corrected chi connectivity index (χ4v) is 2.03. The second kappa shape index (κ2) is 2.89. The Labute approximate surface area is 62.6 Å². The van der Waals surface area contributed by atoms with Crippen LogP contribution in [0.2, 0.25) is 0 Å². The van der Waals surface area contributed by atoms with Crippen LogP contribution < -0.4 is 5.32 Å². The summed E-state index contributed by atoms with van der Waals surface area (Å²) in [5.74, 6) is 0. The van der Waals surface area contributed by atoms with Gasteiger partial charge in [0.2, 0.25) is 0 Å². The lowest BCUT2D eigenvalue weighted by molar-refractivity contribution is 0.216. The highest BCUT2D eigenvalue weighted by Crippen LogP contribution is 2.12. The zero-order valence-electron chi connectivity index (χ0n) is 6.47. The highest BCUT2D eigenvalue weighted by molar-refractivity contribution is 4.80. The molecular weight excluding hydrogens is 124 g/mol. The number of fused-ring (bicyclic) bond motifs is 2. The number of hydrogen-bond donors (Lipinski definition) is 1. The Bertz CT molecular complexity index is 102. The third kappa shape index (κ3) is 1.32. The fourth-order valence-electron chi connectivity index (χ4n) is 2.03. The Balaban J connectivity index is 1.96. The first-order valence-corrected chi connectivity index (χ1v) is 4.41. The Morgan fingerprint density at radius 1 is 1.20 bits per heavy atom. The van der Waals surface area contributed by atoms with Gasteiger partial charge in [-0.2, -0.15) is 0 Å². The topological polar surface area (TPSA) is 15.3 Å². The van der Waals surface area contributed by atoms with Gasteiger partial charge in [-0.25, -0.2) is 0 Å². The average Bonchev–Trinajstić information content (AvgIpc) is 2.12. The summed E-state index contributed by atoms with van der Waals surface area (Å²) in [5, 5.41) is 3.57. The summed E-state index contributed by atoms with van der Waals surface area (Å²) < 4.78 is 0. The molecule has 0 aliphatic carbocycles. The lowest BCUT2D eigenvalue weighted by Crippen LogP contribution is -2.42. The number of nitrogens with zero attached hydrogens (tertiary/aromatic N) is 1. The van der Waals surface area contributed by atoms with E-state index in [1.807, 2.05) is 0 Å². The quantitative estimate of drug-likeness (QED) is 0.525. The van der Waals surface area contributed by atoms with Crippen molar-refractivity contribution in [1.29, 1.82) is 0 Å². The van der Waals surface area contributed by atoms with E-state index in [0.717, 1.165) is 6.04 Å². The van der Waals surface area contributed by atoms with Gasteiger partial charge in [-0.15, -0.1) is 0 Å². The van der Waals surface area contributed by atoms with Crippen LogP contribution in [-0.4, -0.2) is 37.1 Å². The molecule has 2 fully saturated rings. The molecule has 2 aliphatic rings. The van der Waals surface area contributed by atoms with Crippen LogP contribution in [0.15, 0.2) is 0 Å². The van der Waals surface area contributed by atoms with E-state index in [-0.39, 0.29) is 0 Å². The lowest BCUT2D eigenvalue weighted by Gasteiger charge is -2.29. The molecule has 2 bridgehead atoms. The zero-order chi connectivity index (χ0) is 6.81. The largest absolute Gasteiger partial charge is 0.313 e. The van der Waals surface area contributed by atoms with Gasteiger partial charge in [0, 0.05) is 12.6 Å². The van der Waals surface area contributed by atoms with E-state index in [1.165, 1.54) is 45.4 Å². The highest BCUT2D eigenvalue weighted by Gasteiger charge is 2.20. The molecule has 2 unspecified atom stereocenters. The molecule has 2 heteroatoms. The van der Waals surface area contributed by atoms with Gasteiger partial charge in [-0.3, -0.25) is 0 Å². The maximum absolute atomic E-state index is 3.57. The van der Waals surface area contributed by atoms with Crippen LogP contribution in [0, 0.1) is 0 Å². The fraction of sp³-hybridized carbons (Fsp3) is 1.00. The third-order valence-corrected chi connectivity index (χ3v) is 2.59. The van der Waals surface area contributed by atoms with Crippen LogP contribution in [-0.2, 0) is 0 Å². The van der Waals surface area contributed by atoms with Crippen molar-refractivity contribution < 1.29 is 0 Å². The number of nitrogens with one attached hydrogen (secondary N) is 1. The molecule has 0 saturated carbocycles. The van der Waals surface area contributed by atoms with Crippen LogP contribution in [0.25, 0.3) is 0 Å². The molecule has 2 saturated heterocycles. The molecule has 0 aromatic heterocycles. The van der Waals surface area contributed by atoms with Crippen LogP contribution in [0.4, 0.5) is 0 Å². The van der Waals surface area contributed by atoms with Crippen molar-refractivity contribution in [3.63, 3.8) is 0 Å². The van der Waals surface area contributed by atoms with Gasteiger partial charge in [0.1, 0.15) is 0 Å². The Morgan fingerprint density at radius 2 is 2.10 bits per heavy atom. The summed E-state index contributed by atoms with van der Waals surface area (Å²) in [5.41, 5.74) is 0. The summed E-state index contributed by atoms with van der Waals surface area (Å²) in [4.78, 5) is 2.59. The van der Waals surface area contributed by atoms with Crippen LogP contribution in [0.5, 0.6) is 0 Å². The molecule has 2 nitrogen and oxygen atoms in total. The van der Waals surface area contributed by atoms with Gasteiger partial charge in [-0.05, 0) is 38.9 Å². The molecule has 1 N–H and O–H groups in total. The molecule has 2 aliphatic heterocycles. The van der Waals surface area contributed by atoms with E-state index < -0.39 is 0 Å². The SMILES string of the molecule is C1CNC2CCCN(C1)C2. The van der Waals surface area contributed by atoms with Gasteiger partial charge in [-0.1, -0.05) is 0 Å². The molecule has 0 radical (unpaired) electrons. The van der Waals surface area contributed by atoms with E-state index in [1.54, 1.807) is 0 Å². The Morgan fingerprint density at radius 3 is 3.10 bits per heavy atom. The van der Waals surface area contributed by atoms with Crippen molar-refractivity contribution in [2.75, 3.05) is 26.2 Å². The second-order valence-corrected chi connectivity index (χ2v) is 3.45. The van der Waals surface area contributed by atoms with E-state index in [9.17, 15) is 0 Å². The van der Waals surface area contributed by atoms with Gasteiger partial charge in [0.05, 0.1) is 0 Å². The molecule has 2 heterocycles. The van der Waals surface area contributed by atoms with Crippen LogP contribution >= 0.6 is 0 Å². The number of hydrogen-bond acceptors (Lipinski definition) is 2.